The molecule has 0 aliphatic rings. The lowest BCUT2D eigenvalue weighted by Gasteiger charge is -2.06. The highest BCUT2D eigenvalue weighted by molar-refractivity contribution is 7.92. The lowest BCUT2D eigenvalue weighted by Crippen LogP contribution is -2.07. The monoisotopic (exact) mass is 342 g/mol. The number of aromatic nitrogens is 3. The van der Waals surface area contributed by atoms with Gasteiger partial charge in [0.05, 0.1) is 11.9 Å². The molecule has 0 atom stereocenters. The van der Waals surface area contributed by atoms with Crippen LogP contribution in [-0.2, 0) is 4.79 Å². The predicted molar refractivity (Wildman–Crippen MR) is 91.3 cm³/mol. The molecule has 1 aromatic carbocycles. The molecule has 2 aromatic heterocycles. The van der Waals surface area contributed by atoms with Crippen LogP contribution in [0.5, 0.6) is 0 Å². The van der Waals surface area contributed by atoms with Crippen molar-refractivity contribution in [3.05, 3.63) is 54.9 Å². The lowest BCUT2D eigenvalue weighted by molar-refractivity contribution is -0.111. The fraction of sp³-hybridized carbons (Fsp3) is 0. The van der Waals surface area contributed by atoms with Crippen LogP contribution in [0.25, 0.3) is 22.2 Å². The van der Waals surface area contributed by atoms with Crippen LogP contribution >= 0.6 is 12.3 Å². The first-order chi connectivity index (χ1) is 11.7. The van der Waals surface area contributed by atoms with Crippen LogP contribution in [0.3, 0.4) is 0 Å². The van der Waals surface area contributed by atoms with Crippen LogP contribution in [0.1, 0.15) is 10.5 Å². The van der Waals surface area contributed by atoms with E-state index in [1.165, 1.54) is 12.3 Å². The SMILES string of the molecule is C=CC(=O)Nc1cccc(-c2cc3c(C=O)nn(SF)c3cn2)c1. The molecule has 0 saturated heterocycles. The molecule has 8 heteroatoms. The van der Waals surface area contributed by atoms with Gasteiger partial charge in [-0.15, -0.1) is 3.89 Å². The molecule has 1 N–H and O–H groups in total. The van der Waals surface area contributed by atoms with Crippen molar-refractivity contribution in [2.75, 3.05) is 5.32 Å². The second-order valence-electron chi connectivity index (χ2n) is 4.81. The molecule has 0 fully saturated rings. The second kappa shape index (κ2) is 6.63. The van der Waals surface area contributed by atoms with Crippen LogP contribution in [0.15, 0.2) is 49.2 Å². The summed E-state index contributed by atoms with van der Waals surface area (Å²) in [6.45, 7) is 3.40. The molecule has 3 aromatic rings. The van der Waals surface area contributed by atoms with Gasteiger partial charge in [0.2, 0.25) is 5.91 Å². The highest BCUT2D eigenvalue weighted by atomic mass is 32.2. The summed E-state index contributed by atoms with van der Waals surface area (Å²) >= 11 is -0.102. The van der Waals surface area contributed by atoms with Crippen molar-refractivity contribution in [1.82, 2.24) is 14.2 Å². The number of carbonyl (C=O) groups excluding carboxylic acids is 2. The van der Waals surface area contributed by atoms with Gasteiger partial charge in [0.1, 0.15) is 11.2 Å². The Balaban J connectivity index is 2.06. The number of fused-ring (bicyclic) bond motifs is 1. The van der Waals surface area contributed by atoms with E-state index in [0.29, 0.717) is 28.6 Å². The predicted octanol–water partition coefficient (Wildman–Crippen LogP) is 3.42. The summed E-state index contributed by atoms with van der Waals surface area (Å²) in [5.74, 6) is -0.319. The average Bonchev–Trinajstić information content (AvgIpc) is 2.99. The molecular weight excluding hydrogens is 331 g/mol. The normalized spacial score (nSPS) is 10.5. The Morgan fingerprint density at radius 2 is 2.21 bits per heavy atom. The van der Waals surface area contributed by atoms with E-state index in [-0.39, 0.29) is 23.9 Å². The summed E-state index contributed by atoms with van der Waals surface area (Å²) < 4.78 is 13.9. The maximum atomic E-state index is 12.9. The minimum atomic E-state index is -0.319. The topological polar surface area (TPSA) is 76.9 Å². The Labute approximate surface area is 140 Å². The fourth-order valence-corrected chi connectivity index (χ4v) is 2.60. The van der Waals surface area contributed by atoms with Crippen LogP contribution in [-0.4, -0.2) is 26.4 Å². The van der Waals surface area contributed by atoms with Gasteiger partial charge < -0.3 is 5.32 Å². The summed E-state index contributed by atoms with van der Waals surface area (Å²) in [5, 5.41) is 7.02. The molecule has 0 aliphatic heterocycles. The number of anilines is 1. The summed E-state index contributed by atoms with van der Waals surface area (Å²) in [6, 6.07) is 8.71. The van der Waals surface area contributed by atoms with Crippen LogP contribution in [0.2, 0.25) is 0 Å². The highest BCUT2D eigenvalue weighted by Crippen LogP contribution is 2.27. The number of hydrogen-bond acceptors (Lipinski definition) is 5. The van der Waals surface area contributed by atoms with Crippen molar-refractivity contribution >= 4 is 41.1 Å². The number of nitrogens with one attached hydrogen (secondary N) is 1. The zero-order valence-corrected chi connectivity index (χ0v) is 13.1. The van der Waals surface area contributed by atoms with Crippen LogP contribution < -0.4 is 5.32 Å². The molecule has 0 unspecified atom stereocenters. The summed E-state index contributed by atoms with van der Waals surface area (Å²) in [7, 11) is 0. The van der Waals surface area contributed by atoms with Gasteiger partial charge in [-0.3, -0.25) is 14.6 Å². The van der Waals surface area contributed by atoms with Crippen LogP contribution in [0, 0.1) is 0 Å². The van der Waals surface area contributed by atoms with E-state index >= 15 is 0 Å². The molecule has 24 heavy (non-hydrogen) atoms. The van der Waals surface area contributed by atoms with Crippen molar-refractivity contribution in [2.45, 2.75) is 0 Å². The molecular formula is C16H11FN4O2S. The average molecular weight is 342 g/mol. The van der Waals surface area contributed by atoms with Crippen molar-refractivity contribution in [3.8, 4) is 11.3 Å². The Morgan fingerprint density at radius 1 is 1.38 bits per heavy atom. The van der Waals surface area contributed by atoms with Gasteiger partial charge in [0.15, 0.2) is 18.6 Å². The fourth-order valence-electron chi connectivity index (χ4n) is 2.26. The number of carbonyl (C=O) groups is 2. The Morgan fingerprint density at radius 3 is 2.92 bits per heavy atom. The first-order valence-corrected chi connectivity index (χ1v) is 7.50. The second-order valence-corrected chi connectivity index (χ2v) is 5.29. The molecule has 0 bridgehead atoms. The zero-order chi connectivity index (χ0) is 17.1. The molecule has 2 heterocycles. The van der Waals surface area contributed by atoms with Gasteiger partial charge in [-0.1, -0.05) is 18.7 Å². The molecule has 0 spiro atoms. The minimum absolute atomic E-state index is 0.102. The quantitative estimate of drug-likeness (QED) is 0.568. The molecule has 0 radical (unpaired) electrons. The smallest absolute Gasteiger partial charge is 0.247 e. The van der Waals surface area contributed by atoms with Gasteiger partial charge in [0, 0.05) is 16.6 Å². The van der Waals surface area contributed by atoms with E-state index in [0.717, 1.165) is 9.65 Å². The first-order valence-electron chi connectivity index (χ1n) is 6.83. The van der Waals surface area contributed by atoms with E-state index in [1.807, 2.05) is 6.07 Å². The minimum Gasteiger partial charge on any atom is -0.323 e. The molecule has 3 rings (SSSR count). The van der Waals surface area contributed by atoms with Crippen molar-refractivity contribution in [3.63, 3.8) is 0 Å². The Kier molecular flexibility index (Phi) is 4.39. The number of rotatable bonds is 5. The molecule has 0 aliphatic carbocycles. The van der Waals surface area contributed by atoms with E-state index in [4.69, 9.17) is 0 Å². The van der Waals surface area contributed by atoms with Gasteiger partial charge in [-0.05, 0) is 24.3 Å². The summed E-state index contributed by atoms with van der Waals surface area (Å²) in [6.07, 6.45) is 3.20. The standard InChI is InChI=1S/C16H11FN4O2S/c1-2-16(23)19-11-5-3-4-10(6-11)13-7-12-14(9-22)20-21(24-17)15(12)8-18-13/h2-9H,1H2,(H,19,23). The van der Waals surface area contributed by atoms with E-state index in [1.54, 1.807) is 24.3 Å². The van der Waals surface area contributed by atoms with Gasteiger partial charge in [-0.25, -0.2) is 0 Å². The molecule has 6 nitrogen and oxygen atoms in total. The Hall–Kier alpha value is -3.00. The van der Waals surface area contributed by atoms with Gasteiger partial charge >= 0.3 is 0 Å². The zero-order valence-electron chi connectivity index (χ0n) is 12.3. The van der Waals surface area contributed by atoms with Crippen molar-refractivity contribution in [2.24, 2.45) is 0 Å². The van der Waals surface area contributed by atoms with Crippen LogP contribution in [0.4, 0.5) is 9.57 Å². The maximum Gasteiger partial charge on any atom is 0.247 e. The third-order valence-corrected chi connectivity index (χ3v) is 3.76. The van der Waals surface area contributed by atoms with Gasteiger partial charge in [0.25, 0.3) is 0 Å². The lowest BCUT2D eigenvalue weighted by atomic mass is 10.1. The highest BCUT2D eigenvalue weighted by Gasteiger charge is 2.13. The third-order valence-electron chi connectivity index (χ3n) is 3.35. The third kappa shape index (κ3) is 2.91. The number of benzene rings is 1. The van der Waals surface area contributed by atoms with E-state index < -0.39 is 0 Å². The largest absolute Gasteiger partial charge is 0.323 e. The number of pyridine rings is 1. The van der Waals surface area contributed by atoms with E-state index in [9.17, 15) is 13.5 Å². The number of hydrogen-bond donors (Lipinski definition) is 1. The van der Waals surface area contributed by atoms with Crippen molar-refractivity contribution < 1.29 is 13.5 Å². The number of nitrogens with zero attached hydrogens (tertiary/aromatic N) is 3. The van der Waals surface area contributed by atoms with Gasteiger partial charge in [-0.2, -0.15) is 9.19 Å². The molecule has 120 valence electrons. The summed E-state index contributed by atoms with van der Waals surface area (Å²) in [4.78, 5) is 26.8. The first kappa shape index (κ1) is 15.9. The van der Waals surface area contributed by atoms with E-state index in [2.05, 4.69) is 22.0 Å². The number of aldehydes is 1. The van der Waals surface area contributed by atoms with Crippen molar-refractivity contribution in [1.29, 1.82) is 0 Å². The summed E-state index contributed by atoms with van der Waals surface area (Å²) in [5.41, 5.74) is 2.43. The molecule has 0 saturated carbocycles. The number of amides is 1. The number of halogens is 1. The maximum absolute atomic E-state index is 12.9. The Bertz CT molecular complexity index is 954. The molecule has 1 amide bonds.